The largest absolute Gasteiger partial charge is 0.372 e. The summed E-state index contributed by atoms with van der Waals surface area (Å²) in [6.07, 6.45) is 0. The van der Waals surface area contributed by atoms with E-state index in [4.69, 9.17) is 16.3 Å². The number of nitrogens with zero attached hydrogens (tertiary/aromatic N) is 1. The Morgan fingerprint density at radius 3 is 2.84 bits per heavy atom. The highest BCUT2D eigenvalue weighted by molar-refractivity contribution is 7.11. The molecule has 0 radical (unpaired) electrons. The zero-order chi connectivity index (χ0) is 13.2. The van der Waals surface area contributed by atoms with Crippen LogP contribution in [0.5, 0.6) is 0 Å². The van der Waals surface area contributed by atoms with E-state index < -0.39 is 0 Å². The van der Waals surface area contributed by atoms with Crippen molar-refractivity contribution < 1.29 is 4.74 Å². The molecule has 1 aromatic carbocycles. The van der Waals surface area contributed by atoms with Crippen molar-refractivity contribution in [2.24, 2.45) is 0 Å². The minimum Gasteiger partial charge on any atom is -0.372 e. The normalized spacial score (nSPS) is 14.7. The van der Waals surface area contributed by atoms with Crippen molar-refractivity contribution in [3.05, 3.63) is 57.3 Å². The molecule has 1 aromatic heterocycles. The van der Waals surface area contributed by atoms with E-state index in [0.29, 0.717) is 23.8 Å². The van der Waals surface area contributed by atoms with Gasteiger partial charge >= 0.3 is 0 Å². The number of halogens is 1. The van der Waals surface area contributed by atoms with Crippen molar-refractivity contribution in [3.63, 3.8) is 0 Å². The number of fused-ring (bicyclic) bond motifs is 1. The van der Waals surface area contributed by atoms with E-state index in [-0.39, 0.29) is 0 Å². The molecule has 0 bridgehead atoms. The lowest BCUT2D eigenvalue weighted by Gasteiger charge is -2.05. The van der Waals surface area contributed by atoms with E-state index in [0.717, 1.165) is 16.0 Å². The van der Waals surface area contributed by atoms with Gasteiger partial charge in [-0.05, 0) is 34.2 Å². The molecule has 0 unspecified atom stereocenters. The summed E-state index contributed by atoms with van der Waals surface area (Å²) < 4.78 is 5.39. The van der Waals surface area contributed by atoms with Crippen LogP contribution in [0, 0.1) is 11.3 Å². The average molecular weight is 288 g/mol. The van der Waals surface area contributed by atoms with Gasteiger partial charge in [0.05, 0.1) is 23.8 Å². The van der Waals surface area contributed by atoms with Crippen molar-refractivity contribution in [1.82, 2.24) is 0 Å². The van der Waals surface area contributed by atoms with Crippen LogP contribution in [0.15, 0.2) is 35.7 Å². The smallest absolute Gasteiger partial charge is 0.102 e. The SMILES string of the molecule is N#CC(=C(Cl)c1ccc2c(c1)COC2)c1cccs1. The number of nitriles is 1. The van der Waals surface area contributed by atoms with Gasteiger partial charge in [0.2, 0.25) is 0 Å². The number of rotatable bonds is 2. The van der Waals surface area contributed by atoms with Crippen LogP contribution < -0.4 is 0 Å². The Hall–Kier alpha value is -1.60. The van der Waals surface area contributed by atoms with Gasteiger partial charge in [-0.3, -0.25) is 0 Å². The summed E-state index contributed by atoms with van der Waals surface area (Å²) in [5.41, 5.74) is 3.74. The highest BCUT2D eigenvalue weighted by Gasteiger charge is 2.15. The molecule has 2 nitrogen and oxygen atoms in total. The van der Waals surface area contributed by atoms with Gasteiger partial charge in [0.15, 0.2) is 0 Å². The summed E-state index contributed by atoms with van der Waals surface area (Å²) in [4.78, 5) is 0.893. The second kappa shape index (κ2) is 5.18. The Morgan fingerprint density at radius 1 is 1.26 bits per heavy atom. The summed E-state index contributed by atoms with van der Waals surface area (Å²) in [6.45, 7) is 1.28. The first-order chi connectivity index (χ1) is 9.29. The van der Waals surface area contributed by atoms with E-state index in [1.807, 2.05) is 35.7 Å². The summed E-state index contributed by atoms with van der Waals surface area (Å²) in [7, 11) is 0. The van der Waals surface area contributed by atoms with Crippen LogP contribution in [0.25, 0.3) is 10.6 Å². The first-order valence-electron chi connectivity index (χ1n) is 5.83. The van der Waals surface area contributed by atoms with Crippen LogP contribution in [0.4, 0.5) is 0 Å². The molecule has 0 atom stereocenters. The number of hydrogen-bond acceptors (Lipinski definition) is 3. The summed E-state index contributed by atoms with van der Waals surface area (Å²) in [5, 5.41) is 11.8. The molecule has 1 aliphatic rings. The zero-order valence-electron chi connectivity index (χ0n) is 10.0. The van der Waals surface area contributed by atoms with E-state index in [1.54, 1.807) is 0 Å². The van der Waals surface area contributed by atoms with Gasteiger partial charge in [0, 0.05) is 4.88 Å². The first kappa shape index (κ1) is 12.4. The molecule has 0 saturated heterocycles. The van der Waals surface area contributed by atoms with Crippen LogP contribution in [-0.2, 0) is 18.0 Å². The van der Waals surface area contributed by atoms with Gasteiger partial charge in [-0.15, -0.1) is 11.3 Å². The Morgan fingerprint density at radius 2 is 2.11 bits per heavy atom. The minimum absolute atomic E-state index is 0.500. The Balaban J connectivity index is 2.08. The van der Waals surface area contributed by atoms with Crippen molar-refractivity contribution in [1.29, 1.82) is 5.26 Å². The summed E-state index contributed by atoms with van der Waals surface area (Å²) in [5.74, 6) is 0. The second-order valence-electron chi connectivity index (χ2n) is 4.25. The molecule has 0 amide bonds. The van der Waals surface area contributed by atoms with Crippen molar-refractivity contribution in [3.8, 4) is 6.07 Å². The lowest BCUT2D eigenvalue weighted by atomic mass is 10.0. The topological polar surface area (TPSA) is 33.0 Å². The third-order valence-corrected chi connectivity index (χ3v) is 4.37. The molecule has 0 fully saturated rings. The van der Waals surface area contributed by atoms with Gasteiger partial charge in [-0.2, -0.15) is 5.26 Å². The second-order valence-corrected chi connectivity index (χ2v) is 5.58. The monoisotopic (exact) mass is 287 g/mol. The van der Waals surface area contributed by atoms with E-state index >= 15 is 0 Å². The van der Waals surface area contributed by atoms with Crippen molar-refractivity contribution >= 4 is 33.5 Å². The fourth-order valence-electron chi connectivity index (χ4n) is 2.09. The Bertz CT molecular complexity index is 683. The van der Waals surface area contributed by atoms with Gasteiger partial charge in [0.1, 0.15) is 6.07 Å². The highest BCUT2D eigenvalue weighted by Crippen LogP contribution is 2.33. The third-order valence-electron chi connectivity index (χ3n) is 3.07. The average Bonchev–Trinajstić information content (AvgIpc) is 3.09. The molecule has 1 aliphatic heterocycles. The highest BCUT2D eigenvalue weighted by atomic mass is 35.5. The number of benzene rings is 1. The fourth-order valence-corrected chi connectivity index (χ4v) is 3.13. The number of ether oxygens (including phenoxy) is 1. The fraction of sp³-hybridized carbons (Fsp3) is 0.133. The maximum atomic E-state index is 9.31. The predicted molar refractivity (Wildman–Crippen MR) is 77.5 cm³/mol. The molecule has 19 heavy (non-hydrogen) atoms. The standard InChI is InChI=1S/C15H10ClNOS/c16-15(13(7-17)14-2-1-5-19-14)10-3-4-11-8-18-9-12(11)6-10/h1-6H,8-9H2. The zero-order valence-corrected chi connectivity index (χ0v) is 11.6. The van der Waals surface area contributed by atoms with Gasteiger partial charge < -0.3 is 4.74 Å². The molecule has 2 aromatic rings. The third kappa shape index (κ3) is 2.31. The molecule has 94 valence electrons. The number of allylic oxidation sites excluding steroid dienone is 1. The van der Waals surface area contributed by atoms with Crippen LogP contribution in [0.2, 0.25) is 0 Å². The molecule has 3 rings (SSSR count). The van der Waals surface area contributed by atoms with E-state index in [9.17, 15) is 5.26 Å². The Labute approximate surface area is 120 Å². The lowest BCUT2D eigenvalue weighted by molar-refractivity contribution is 0.134. The number of hydrogen-bond donors (Lipinski definition) is 0. The van der Waals surface area contributed by atoms with Crippen LogP contribution >= 0.6 is 22.9 Å². The van der Waals surface area contributed by atoms with Gasteiger partial charge in [-0.1, -0.05) is 29.8 Å². The molecular formula is C15H10ClNOS. The minimum atomic E-state index is 0.500. The van der Waals surface area contributed by atoms with Crippen molar-refractivity contribution in [2.45, 2.75) is 13.2 Å². The molecular weight excluding hydrogens is 278 g/mol. The quantitative estimate of drug-likeness (QED) is 0.767. The lowest BCUT2D eigenvalue weighted by Crippen LogP contribution is -1.88. The molecule has 2 heterocycles. The number of thiophene rings is 1. The van der Waals surface area contributed by atoms with Crippen molar-refractivity contribution in [2.75, 3.05) is 0 Å². The maximum absolute atomic E-state index is 9.31. The van der Waals surface area contributed by atoms with Crippen LogP contribution in [-0.4, -0.2) is 0 Å². The maximum Gasteiger partial charge on any atom is 0.102 e. The van der Waals surface area contributed by atoms with Crippen LogP contribution in [0.3, 0.4) is 0 Å². The Kier molecular flexibility index (Phi) is 3.39. The molecule has 0 spiro atoms. The van der Waals surface area contributed by atoms with E-state index in [2.05, 4.69) is 6.07 Å². The molecule has 0 saturated carbocycles. The summed E-state index contributed by atoms with van der Waals surface area (Å²) in [6, 6.07) is 12.0. The van der Waals surface area contributed by atoms with Gasteiger partial charge in [0.25, 0.3) is 0 Å². The molecule has 0 N–H and O–H groups in total. The van der Waals surface area contributed by atoms with Crippen LogP contribution in [0.1, 0.15) is 21.6 Å². The van der Waals surface area contributed by atoms with Gasteiger partial charge in [-0.25, -0.2) is 0 Å². The molecule has 0 aliphatic carbocycles. The van der Waals surface area contributed by atoms with E-state index in [1.165, 1.54) is 16.9 Å². The first-order valence-corrected chi connectivity index (χ1v) is 7.09. The summed E-state index contributed by atoms with van der Waals surface area (Å²) >= 11 is 7.90. The predicted octanol–water partition coefficient (Wildman–Crippen LogP) is 4.41. The molecule has 4 heteroatoms.